The second kappa shape index (κ2) is 11.0. The van der Waals surface area contributed by atoms with Gasteiger partial charge in [-0.2, -0.15) is 15.0 Å². The number of aliphatic hydroxyl groups is 2. The zero-order chi connectivity index (χ0) is 28.3. The predicted octanol–water partition coefficient (Wildman–Crippen LogP) is 3.39. The van der Waals surface area contributed by atoms with Gasteiger partial charge >= 0.3 is 0 Å². The van der Waals surface area contributed by atoms with Crippen LogP contribution in [0.1, 0.15) is 34.0 Å². The summed E-state index contributed by atoms with van der Waals surface area (Å²) in [6, 6.07) is 13.9. The molecule has 0 aromatic heterocycles. The van der Waals surface area contributed by atoms with Gasteiger partial charge in [-0.1, -0.05) is 30.3 Å². The molecule has 3 atom stereocenters. The lowest BCUT2D eigenvalue weighted by molar-refractivity contribution is -0.329. The Morgan fingerprint density at radius 3 is 1.90 bits per heavy atom. The number of carbonyl (C=O) groups excluding carboxylic acids is 3. The van der Waals surface area contributed by atoms with Crippen LogP contribution in [0.3, 0.4) is 0 Å². The van der Waals surface area contributed by atoms with Crippen LogP contribution in [0.4, 0.5) is 22.7 Å². The highest BCUT2D eigenvalue weighted by Crippen LogP contribution is 2.44. The van der Waals surface area contributed by atoms with E-state index in [0.717, 1.165) is 4.90 Å². The summed E-state index contributed by atoms with van der Waals surface area (Å²) in [7, 11) is 0. The van der Waals surface area contributed by atoms with Crippen LogP contribution in [0.2, 0.25) is 0 Å². The molecule has 1 aliphatic heterocycles. The minimum absolute atomic E-state index is 0.0365. The van der Waals surface area contributed by atoms with E-state index < -0.39 is 18.4 Å². The van der Waals surface area contributed by atoms with Gasteiger partial charge < -0.3 is 15.4 Å². The van der Waals surface area contributed by atoms with Crippen molar-refractivity contribution in [2.24, 2.45) is 15.0 Å². The fourth-order valence-electron chi connectivity index (χ4n) is 4.45. The van der Waals surface area contributed by atoms with Crippen LogP contribution in [-0.4, -0.2) is 45.1 Å². The van der Waals surface area contributed by atoms with E-state index in [9.17, 15) is 29.8 Å². The zero-order valence-electron chi connectivity index (χ0n) is 21.2. The minimum Gasteiger partial charge on any atom is -0.361 e. The summed E-state index contributed by atoms with van der Waals surface area (Å²) in [6.45, 7) is 5.14. The molecule has 3 aromatic rings. The van der Waals surface area contributed by atoms with E-state index in [1.54, 1.807) is 51.1 Å². The second-order valence-corrected chi connectivity index (χ2v) is 8.92. The van der Waals surface area contributed by atoms with Gasteiger partial charge in [0.2, 0.25) is 18.2 Å². The van der Waals surface area contributed by atoms with Gasteiger partial charge in [-0.15, -0.1) is 5.06 Å². The molecule has 12 heteroatoms. The third kappa shape index (κ3) is 4.97. The van der Waals surface area contributed by atoms with Crippen molar-refractivity contribution in [3.63, 3.8) is 0 Å². The third-order valence-corrected chi connectivity index (χ3v) is 6.57. The van der Waals surface area contributed by atoms with Crippen LogP contribution in [-0.2, 0) is 20.2 Å². The highest BCUT2D eigenvalue weighted by atomic mass is 16.6. The molecule has 3 unspecified atom stereocenters. The van der Waals surface area contributed by atoms with Crippen LogP contribution in [0.15, 0.2) is 69.6 Å². The summed E-state index contributed by atoms with van der Waals surface area (Å²) in [5, 5.41) is 38.7. The summed E-state index contributed by atoms with van der Waals surface area (Å²) in [6.07, 6.45) is 1.58. The Morgan fingerprint density at radius 1 is 0.795 bits per heavy atom. The molecular formula is C27H24N6O6. The molecule has 0 aliphatic carbocycles. The number of nitrogens with one attached hydrogen (secondary N) is 1. The molecule has 1 aliphatic rings. The first-order valence-electron chi connectivity index (χ1n) is 11.7. The van der Waals surface area contributed by atoms with Gasteiger partial charge in [0.05, 0.1) is 17.1 Å². The van der Waals surface area contributed by atoms with Gasteiger partial charge in [0.1, 0.15) is 6.17 Å². The number of hydrogen-bond acceptors (Lipinski definition) is 12. The van der Waals surface area contributed by atoms with Crippen LogP contribution >= 0.6 is 0 Å². The maximum Gasteiger partial charge on any atom is 0.252 e. The second-order valence-electron chi connectivity index (χ2n) is 8.92. The molecule has 12 nitrogen and oxygen atoms in total. The molecule has 1 heterocycles. The van der Waals surface area contributed by atoms with E-state index in [4.69, 9.17) is 0 Å². The number of hydrogen-bond donors (Lipinski definition) is 4. The van der Waals surface area contributed by atoms with Gasteiger partial charge in [-0.3, -0.25) is 10.2 Å². The van der Waals surface area contributed by atoms with E-state index in [0.29, 0.717) is 27.3 Å². The molecule has 1 fully saturated rings. The lowest BCUT2D eigenvalue weighted by Gasteiger charge is -2.54. The van der Waals surface area contributed by atoms with Crippen molar-refractivity contribution in [2.45, 2.75) is 39.1 Å². The van der Waals surface area contributed by atoms with Gasteiger partial charge in [-0.05, 0) is 67.3 Å². The Hall–Kier alpha value is -4.60. The summed E-state index contributed by atoms with van der Waals surface area (Å²) >= 11 is 0. The third-order valence-electron chi connectivity index (χ3n) is 6.57. The summed E-state index contributed by atoms with van der Waals surface area (Å²) in [5.74, 6) is -2.48. The molecule has 4 N–H and O–H groups in total. The molecule has 198 valence electrons. The Labute approximate surface area is 222 Å². The molecule has 0 radical (unpaired) electrons. The maximum atomic E-state index is 12.3. The van der Waals surface area contributed by atoms with Crippen LogP contribution in [0.25, 0.3) is 0 Å². The SMILES string of the molecule is Cc1ccc(C2NC(O)N(c3ccc(C)c(N=C=O)c3)C(O)(c3ccc(C)c(N=C=O)c3)N2O)cc1N=C=O. The summed E-state index contributed by atoms with van der Waals surface area (Å²) < 4.78 is 0. The predicted molar refractivity (Wildman–Crippen MR) is 139 cm³/mol. The number of nitrogens with zero attached hydrogens (tertiary/aromatic N) is 5. The van der Waals surface area contributed by atoms with Crippen LogP contribution < -0.4 is 10.2 Å². The van der Waals surface area contributed by atoms with E-state index in [-0.39, 0.29) is 28.3 Å². The Morgan fingerprint density at radius 2 is 1.31 bits per heavy atom. The van der Waals surface area contributed by atoms with Crippen molar-refractivity contribution in [3.8, 4) is 0 Å². The summed E-state index contributed by atoms with van der Waals surface area (Å²) in [5.41, 5.74) is 3.15. The van der Waals surface area contributed by atoms with E-state index in [2.05, 4.69) is 20.3 Å². The number of aryl methyl sites for hydroxylation is 3. The normalized spacial score (nSPS) is 20.9. The lowest BCUT2D eigenvalue weighted by Crippen LogP contribution is -2.71. The average Bonchev–Trinajstić information content (AvgIpc) is 2.91. The van der Waals surface area contributed by atoms with Crippen molar-refractivity contribution in [1.29, 1.82) is 0 Å². The van der Waals surface area contributed by atoms with Gasteiger partial charge in [-0.25, -0.2) is 14.4 Å². The van der Waals surface area contributed by atoms with Gasteiger partial charge in [0.25, 0.3) is 5.85 Å². The molecule has 0 saturated carbocycles. The molecular weight excluding hydrogens is 504 g/mol. The number of aliphatic hydroxyl groups excluding tert-OH is 1. The highest BCUT2D eigenvalue weighted by Gasteiger charge is 2.53. The van der Waals surface area contributed by atoms with Crippen molar-refractivity contribution >= 4 is 41.0 Å². The van der Waals surface area contributed by atoms with Crippen molar-refractivity contribution in [1.82, 2.24) is 10.4 Å². The Kier molecular flexibility index (Phi) is 7.75. The number of isocyanates is 3. The van der Waals surface area contributed by atoms with E-state index >= 15 is 0 Å². The Balaban J connectivity index is 1.95. The number of benzene rings is 3. The zero-order valence-corrected chi connectivity index (χ0v) is 21.2. The number of rotatable bonds is 6. The Bertz CT molecular complexity index is 1570. The first-order chi connectivity index (χ1) is 18.6. The van der Waals surface area contributed by atoms with E-state index in [1.807, 2.05) is 0 Å². The maximum absolute atomic E-state index is 12.3. The fourth-order valence-corrected chi connectivity index (χ4v) is 4.45. The van der Waals surface area contributed by atoms with Crippen LogP contribution in [0.5, 0.6) is 0 Å². The standard InChI is InChI=1S/C27H24N6O6/c1-16-4-7-19(10-22(16)28-13-34)25-31-26(37)32(21-9-6-18(3)24(12-21)30-15-36)27(38,33(25)39)20-8-5-17(2)23(11-20)29-14-35/h4-12,25-26,31,37-39H,1-3H3. The quantitative estimate of drug-likeness (QED) is 0.277. The molecule has 3 aromatic carbocycles. The van der Waals surface area contributed by atoms with Crippen molar-refractivity contribution in [3.05, 3.63) is 82.4 Å². The van der Waals surface area contributed by atoms with Gasteiger partial charge in [0.15, 0.2) is 6.35 Å². The highest BCUT2D eigenvalue weighted by molar-refractivity contribution is 5.65. The number of anilines is 1. The molecule has 0 amide bonds. The van der Waals surface area contributed by atoms with Crippen LogP contribution in [0, 0.1) is 20.8 Å². The van der Waals surface area contributed by atoms with Crippen molar-refractivity contribution < 1.29 is 29.8 Å². The summed E-state index contributed by atoms with van der Waals surface area (Å²) in [4.78, 5) is 45.0. The number of aliphatic imine (C=N–C) groups is 3. The van der Waals surface area contributed by atoms with Gasteiger partial charge in [0, 0.05) is 11.3 Å². The first kappa shape index (κ1) is 27.4. The fraction of sp³-hybridized carbons (Fsp3) is 0.222. The molecule has 1 saturated heterocycles. The average molecular weight is 529 g/mol. The molecule has 39 heavy (non-hydrogen) atoms. The molecule has 0 spiro atoms. The monoisotopic (exact) mass is 528 g/mol. The largest absolute Gasteiger partial charge is 0.361 e. The smallest absolute Gasteiger partial charge is 0.252 e. The molecule has 4 rings (SSSR count). The van der Waals surface area contributed by atoms with E-state index in [1.165, 1.54) is 42.5 Å². The van der Waals surface area contributed by atoms with Crippen molar-refractivity contribution in [2.75, 3.05) is 4.90 Å². The first-order valence-corrected chi connectivity index (χ1v) is 11.7. The molecule has 0 bridgehead atoms. The number of hydroxylamine groups is 2. The minimum atomic E-state index is -2.48. The topological polar surface area (TPSA) is 167 Å². The lowest BCUT2D eigenvalue weighted by atomic mass is 9.99.